The molecule has 0 atom stereocenters. The van der Waals surface area contributed by atoms with E-state index in [1.807, 2.05) is 44.2 Å². The van der Waals surface area contributed by atoms with Gasteiger partial charge in [-0.3, -0.25) is 4.79 Å². The topological polar surface area (TPSA) is 47.6 Å². The third kappa shape index (κ3) is 7.55. The van der Waals surface area contributed by atoms with Crippen LogP contribution in [-0.2, 0) is 0 Å². The minimum atomic E-state index is -0.214. The summed E-state index contributed by atoms with van der Waals surface area (Å²) in [6, 6.07) is 12.9. The minimum absolute atomic E-state index is 0.0122. The molecule has 0 aliphatic carbocycles. The molecule has 0 saturated heterocycles. The SMILES string of the molecule is CCCCCCCOc1cccc(NC(=O)c2cc(Br)ccc2OC(C)C)c1. The predicted molar refractivity (Wildman–Crippen MR) is 119 cm³/mol. The fourth-order valence-electron chi connectivity index (χ4n) is 2.79. The summed E-state index contributed by atoms with van der Waals surface area (Å²) in [6.07, 6.45) is 5.99. The highest BCUT2D eigenvalue weighted by Crippen LogP contribution is 2.26. The lowest BCUT2D eigenvalue weighted by Gasteiger charge is -2.15. The van der Waals surface area contributed by atoms with Crippen LogP contribution in [0.25, 0.3) is 0 Å². The molecule has 0 aromatic heterocycles. The molecule has 0 fully saturated rings. The molecule has 1 N–H and O–H groups in total. The van der Waals surface area contributed by atoms with E-state index in [4.69, 9.17) is 9.47 Å². The Morgan fingerprint density at radius 1 is 1.07 bits per heavy atom. The molecule has 0 aliphatic heterocycles. The van der Waals surface area contributed by atoms with E-state index in [2.05, 4.69) is 28.2 Å². The molecule has 28 heavy (non-hydrogen) atoms. The Morgan fingerprint density at radius 3 is 2.61 bits per heavy atom. The summed E-state index contributed by atoms with van der Waals surface area (Å²) in [5.41, 5.74) is 1.19. The van der Waals surface area contributed by atoms with Crippen molar-refractivity contribution in [3.8, 4) is 11.5 Å². The van der Waals surface area contributed by atoms with Crippen molar-refractivity contribution in [3.63, 3.8) is 0 Å². The number of hydrogen-bond acceptors (Lipinski definition) is 3. The van der Waals surface area contributed by atoms with Gasteiger partial charge in [-0.1, -0.05) is 54.6 Å². The Hall–Kier alpha value is -2.01. The normalized spacial score (nSPS) is 10.8. The molecule has 2 aromatic rings. The first-order chi connectivity index (χ1) is 13.5. The van der Waals surface area contributed by atoms with Gasteiger partial charge in [-0.2, -0.15) is 0 Å². The first-order valence-corrected chi connectivity index (χ1v) is 10.8. The van der Waals surface area contributed by atoms with E-state index < -0.39 is 0 Å². The van der Waals surface area contributed by atoms with Crippen LogP contribution in [0.2, 0.25) is 0 Å². The van der Waals surface area contributed by atoms with Gasteiger partial charge in [0.25, 0.3) is 5.91 Å². The maximum atomic E-state index is 12.8. The zero-order chi connectivity index (χ0) is 20.4. The zero-order valence-electron chi connectivity index (χ0n) is 17.0. The Morgan fingerprint density at radius 2 is 1.86 bits per heavy atom. The van der Waals surface area contributed by atoms with Gasteiger partial charge in [-0.15, -0.1) is 0 Å². The molecule has 2 rings (SSSR count). The summed E-state index contributed by atoms with van der Waals surface area (Å²) in [6.45, 7) is 6.78. The number of anilines is 1. The third-order valence-corrected chi connectivity index (χ3v) is 4.65. The number of rotatable bonds is 11. The van der Waals surface area contributed by atoms with Gasteiger partial charge in [0.15, 0.2) is 0 Å². The molecule has 2 aromatic carbocycles. The van der Waals surface area contributed by atoms with Crippen LogP contribution in [0.3, 0.4) is 0 Å². The molecule has 1 amide bonds. The fraction of sp³-hybridized carbons (Fsp3) is 0.435. The van der Waals surface area contributed by atoms with Crippen molar-refractivity contribution in [2.75, 3.05) is 11.9 Å². The summed E-state index contributed by atoms with van der Waals surface area (Å²) in [4.78, 5) is 12.8. The monoisotopic (exact) mass is 447 g/mol. The first kappa shape index (κ1) is 22.3. The highest BCUT2D eigenvalue weighted by Gasteiger charge is 2.15. The number of benzene rings is 2. The van der Waals surface area contributed by atoms with Crippen LogP contribution >= 0.6 is 15.9 Å². The van der Waals surface area contributed by atoms with Gasteiger partial charge in [-0.05, 0) is 50.6 Å². The first-order valence-electron chi connectivity index (χ1n) is 10.00. The molecule has 0 unspecified atom stereocenters. The fourth-order valence-corrected chi connectivity index (χ4v) is 3.16. The van der Waals surface area contributed by atoms with Crippen molar-refractivity contribution < 1.29 is 14.3 Å². The van der Waals surface area contributed by atoms with E-state index in [9.17, 15) is 4.79 Å². The number of carbonyl (C=O) groups excluding carboxylic acids is 1. The smallest absolute Gasteiger partial charge is 0.259 e. The molecule has 0 aliphatic rings. The van der Waals surface area contributed by atoms with Gasteiger partial charge in [0, 0.05) is 16.2 Å². The van der Waals surface area contributed by atoms with Crippen molar-refractivity contribution in [2.24, 2.45) is 0 Å². The Kier molecular flexibility index (Phi) is 9.35. The van der Waals surface area contributed by atoms with Crippen LogP contribution < -0.4 is 14.8 Å². The Bertz CT molecular complexity index is 761. The second-order valence-electron chi connectivity index (χ2n) is 7.05. The number of amides is 1. The van der Waals surface area contributed by atoms with E-state index in [-0.39, 0.29) is 12.0 Å². The summed E-state index contributed by atoms with van der Waals surface area (Å²) in [5.74, 6) is 1.12. The zero-order valence-corrected chi connectivity index (χ0v) is 18.6. The van der Waals surface area contributed by atoms with Crippen molar-refractivity contribution in [1.29, 1.82) is 0 Å². The van der Waals surface area contributed by atoms with E-state index in [0.29, 0.717) is 23.6 Å². The Labute approximate surface area is 176 Å². The molecule has 0 bridgehead atoms. The minimum Gasteiger partial charge on any atom is -0.494 e. The summed E-state index contributed by atoms with van der Waals surface area (Å²) in [5, 5.41) is 2.94. The van der Waals surface area contributed by atoms with E-state index >= 15 is 0 Å². The van der Waals surface area contributed by atoms with Gasteiger partial charge in [0.2, 0.25) is 0 Å². The molecule has 4 nitrogen and oxygen atoms in total. The average molecular weight is 448 g/mol. The van der Waals surface area contributed by atoms with E-state index in [1.165, 1.54) is 25.7 Å². The molecule has 5 heteroatoms. The van der Waals surface area contributed by atoms with Crippen molar-refractivity contribution in [3.05, 3.63) is 52.5 Å². The third-order valence-electron chi connectivity index (χ3n) is 4.16. The number of halogens is 1. The average Bonchev–Trinajstić information content (AvgIpc) is 2.66. The number of unbranched alkanes of at least 4 members (excludes halogenated alkanes) is 4. The van der Waals surface area contributed by atoms with Crippen LogP contribution in [0.15, 0.2) is 46.9 Å². The molecule has 0 heterocycles. The van der Waals surface area contributed by atoms with Crippen LogP contribution in [0.1, 0.15) is 63.2 Å². The molecular formula is C23H30BrNO3. The van der Waals surface area contributed by atoms with E-state index in [0.717, 1.165) is 16.6 Å². The van der Waals surface area contributed by atoms with Crippen molar-refractivity contribution >= 4 is 27.5 Å². The second kappa shape index (κ2) is 11.7. The lowest BCUT2D eigenvalue weighted by molar-refractivity contribution is 0.102. The maximum absolute atomic E-state index is 12.8. The van der Waals surface area contributed by atoms with Gasteiger partial charge >= 0.3 is 0 Å². The molecule has 0 saturated carbocycles. The standard InChI is InChI=1S/C23H30BrNO3/c1-4-5-6-7-8-14-27-20-11-9-10-19(16-20)25-23(26)21-15-18(24)12-13-22(21)28-17(2)3/h9-13,15-17H,4-8,14H2,1-3H3,(H,25,26). The van der Waals surface area contributed by atoms with Gasteiger partial charge in [0.1, 0.15) is 11.5 Å². The number of nitrogens with one attached hydrogen (secondary N) is 1. The molecule has 0 spiro atoms. The van der Waals surface area contributed by atoms with Gasteiger partial charge in [0.05, 0.1) is 18.3 Å². The maximum Gasteiger partial charge on any atom is 0.259 e. The lowest BCUT2D eigenvalue weighted by atomic mass is 10.1. The Balaban J connectivity index is 1.98. The van der Waals surface area contributed by atoms with Crippen LogP contribution in [0, 0.1) is 0 Å². The second-order valence-corrected chi connectivity index (χ2v) is 7.97. The van der Waals surface area contributed by atoms with Crippen molar-refractivity contribution in [1.82, 2.24) is 0 Å². The highest BCUT2D eigenvalue weighted by molar-refractivity contribution is 9.10. The van der Waals surface area contributed by atoms with Gasteiger partial charge < -0.3 is 14.8 Å². The highest BCUT2D eigenvalue weighted by atomic mass is 79.9. The van der Waals surface area contributed by atoms with Gasteiger partial charge in [-0.25, -0.2) is 0 Å². The summed E-state index contributed by atoms with van der Waals surface area (Å²) in [7, 11) is 0. The van der Waals surface area contributed by atoms with E-state index in [1.54, 1.807) is 12.1 Å². The quantitative estimate of drug-likeness (QED) is 0.383. The predicted octanol–water partition coefficient (Wildman–Crippen LogP) is 6.84. The molecule has 152 valence electrons. The van der Waals surface area contributed by atoms with Crippen LogP contribution in [-0.4, -0.2) is 18.6 Å². The van der Waals surface area contributed by atoms with Crippen LogP contribution in [0.5, 0.6) is 11.5 Å². The number of carbonyl (C=O) groups is 1. The van der Waals surface area contributed by atoms with Crippen LogP contribution in [0.4, 0.5) is 5.69 Å². The number of ether oxygens (including phenoxy) is 2. The molecular weight excluding hydrogens is 418 g/mol. The summed E-state index contributed by atoms with van der Waals surface area (Å²) >= 11 is 3.42. The largest absolute Gasteiger partial charge is 0.494 e. The summed E-state index contributed by atoms with van der Waals surface area (Å²) < 4.78 is 12.4. The number of hydrogen-bond donors (Lipinski definition) is 1. The lowest BCUT2D eigenvalue weighted by Crippen LogP contribution is -2.16. The molecule has 0 radical (unpaired) electrons. The van der Waals surface area contributed by atoms with Crippen molar-refractivity contribution in [2.45, 2.75) is 59.0 Å².